The van der Waals surface area contributed by atoms with Crippen molar-refractivity contribution in [3.05, 3.63) is 22.2 Å². The van der Waals surface area contributed by atoms with Crippen LogP contribution in [0.1, 0.15) is 51.3 Å². The zero-order valence-electron chi connectivity index (χ0n) is 11.8. The Hall–Kier alpha value is -1.36. The molecular formula is C14H24N4O. The first-order valence-corrected chi connectivity index (χ1v) is 7.15. The van der Waals surface area contributed by atoms with Gasteiger partial charge in [0.15, 0.2) is 0 Å². The van der Waals surface area contributed by atoms with Gasteiger partial charge in [-0.25, -0.2) is 4.98 Å². The second-order valence-electron chi connectivity index (χ2n) is 5.84. The molecule has 2 atom stereocenters. The Morgan fingerprint density at radius 1 is 1.53 bits per heavy atom. The summed E-state index contributed by atoms with van der Waals surface area (Å²) in [6, 6.07) is 1.85. The summed E-state index contributed by atoms with van der Waals surface area (Å²) in [5.41, 5.74) is 5.89. The van der Waals surface area contributed by atoms with Gasteiger partial charge in [0.1, 0.15) is 11.6 Å². The number of anilines is 1. The highest BCUT2D eigenvalue weighted by Crippen LogP contribution is 2.23. The zero-order chi connectivity index (χ0) is 13.8. The van der Waals surface area contributed by atoms with E-state index >= 15 is 0 Å². The number of H-pyrrole nitrogens is 1. The van der Waals surface area contributed by atoms with Crippen LogP contribution in [0.5, 0.6) is 0 Å². The second kappa shape index (κ2) is 6.19. The van der Waals surface area contributed by atoms with Gasteiger partial charge in [0, 0.05) is 24.6 Å². The van der Waals surface area contributed by atoms with E-state index in [0.717, 1.165) is 25.2 Å². The minimum Gasteiger partial charge on any atom is -0.370 e. The molecule has 1 aliphatic rings. The molecule has 2 unspecified atom stereocenters. The summed E-state index contributed by atoms with van der Waals surface area (Å²) in [7, 11) is 0. The van der Waals surface area contributed by atoms with Crippen LogP contribution in [0.3, 0.4) is 0 Å². The van der Waals surface area contributed by atoms with E-state index in [1.165, 1.54) is 18.9 Å². The van der Waals surface area contributed by atoms with Gasteiger partial charge < -0.3 is 16.0 Å². The van der Waals surface area contributed by atoms with Crippen LogP contribution < -0.4 is 16.6 Å². The van der Waals surface area contributed by atoms with E-state index in [0.29, 0.717) is 17.8 Å². The Kier molecular flexibility index (Phi) is 4.58. The van der Waals surface area contributed by atoms with Gasteiger partial charge in [0.05, 0.1) is 0 Å². The Morgan fingerprint density at radius 3 is 3.00 bits per heavy atom. The molecule has 0 aromatic carbocycles. The Balaban J connectivity index is 1.97. The van der Waals surface area contributed by atoms with Crippen LogP contribution in [0, 0.1) is 5.92 Å². The molecule has 0 amide bonds. The summed E-state index contributed by atoms with van der Waals surface area (Å²) >= 11 is 0. The maximum Gasteiger partial charge on any atom is 0.252 e. The van der Waals surface area contributed by atoms with E-state index in [9.17, 15) is 4.79 Å². The summed E-state index contributed by atoms with van der Waals surface area (Å²) < 4.78 is 0. The highest BCUT2D eigenvalue weighted by atomic mass is 16.1. The fourth-order valence-electron chi connectivity index (χ4n) is 2.61. The minimum atomic E-state index is -0.0958. The van der Waals surface area contributed by atoms with E-state index in [1.807, 2.05) is 13.8 Å². The van der Waals surface area contributed by atoms with Crippen LogP contribution in [0.25, 0.3) is 0 Å². The second-order valence-corrected chi connectivity index (χ2v) is 5.84. The third-order valence-electron chi connectivity index (χ3n) is 3.70. The quantitative estimate of drug-likeness (QED) is 0.774. The summed E-state index contributed by atoms with van der Waals surface area (Å²) in [4.78, 5) is 18.8. The van der Waals surface area contributed by atoms with Crippen LogP contribution in [0.4, 0.5) is 5.82 Å². The number of aromatic nitrogens is 2. The molecule has 4 N–H and O–H groups in total. The molecule has 1 aromatic heterocycles. The van der Waals surface area contributed by atoms with Gasteiger partial charge in [0.25, 0.3) is 5.56 Å². The number of nitrogens with two attached hydrogens (primary N) is 1. The predicted molar refractivity (Wildman–Crippen MR) is 77.4 cm³/mol. The molecule has 5 nitrogen and oxygen atoms in total. The molecule has 0 spiro atoms. The fraction of sp³-hybridized carbons (Fsp3) is 0.714. The number of nitrogens with one attached hydrogen (secondary N) is 2. The monoisotopic (exact) mass is 264 g/mol. The molecule has 1 aliphatic carbocycles. The molecule has 5 heteroatoms. The number of hydrogen-bond donors (Lipinski definition) is 3. The number of aromatic amines is 1. The van der Waals surface area contributed by atoms with Crippen molar-refractivity contribution in [3.8, 4) is 0 Å². The number of nitrogens with zero attached hydrogens (tertiary/aromatic N) is 1. The third-order valence-corrected chi connectivity index (χ3v) is 3.70. The van der Waals surface area contributed by atoms with Crippen molar-refractivity contribution in [3.63, 3.8) is 0 Å². The van der Waals surface area contributed by atoms with Crippen molar-refractivity contribution < 1.29 is 0 Å². The van der Waals surface area contributed by atoms with Crippen LogP contribution in [-0.2, 0) is 0 Å². The van der Waals surface area contributed by atoms with Crippen molar-refractivity contribution in [2.24, 2.45) is 11.7 Å². The van der Waals surface area contributed by atoms with Crippen LogP contribution in [-0.4, -0.2) is 22.6 Å². The van der Waals surface area contributed by atoms with E-state index in [-0.39, 0.29) is 11.5 Å². The predicted octanol–water partition coefficient (Wildman–Crippen LogP) is 1.82. The Morgan fingerprint density at radius 2 is 2.32 bits per heavy atom. The van der Waals surface area contributed by atoms with E-state index in [4.69, 9.17) is 5.73 Å². The third kappa shape index (κ3) is 4.06. The lowest BCUT2D eigenvalue weighted by atomic mass is 9.86. The van der Waals surface area contributed by atoms with Gasteiger partial charge in [-0.15, -0.1) is 0 Å². The average molecular weight is 264 g/mol. The normalized spacial score (nSPS) is 23.6. The molecule has 0 aliphatic heterocycles. The summed E-state index contributed by atoms with van der Waals surface area (Å²) in [6.07, 6.45) is 4.61. The van der Waals surface area contributed by atoms with Crippen LogP contribution in [0.2, 0.25) is 0 Å². The fourth-order valence-corrected chi connectivity index (χ4v) is 2.61. The van der Waals surface area contributed by atoms with E-state index in [1.54, 1.807) is 0 Å². The average Bonchev–Trinajstić information content (AvgIpc) is 2.36. The van der Waals surface area contributed by atoms with Gasteiger partial charge in [-0.05, 0) is 25.2 Å². The lowest BCUT2D eigenvalue weighted by Crippen LogP contribution is -2.31. The van der Waals surface area contributed by atoms with Crippen molar-refractivity contribution in [2.45, 2.75) is 51.5 Å². The maximum atomic E-state index is 11.6. The van der Waals surface area contributed by atoms with Crippen molar-refractivity contribution in [1.29, 1.82) is 0 Å². The Bertz CT molecular complexity index is 469. The number of hydrogen-bond acceptors (Lipinski definition) is 4. The molecule has 1 saturated carbocycles. The molecule has 1 heterocycles. The molecule has 0 radical (unpaired) electrons. The van der Waals surface area contributed by atoms with Crippen molar-refractivity contribution >= 4 is 5.82 Å². The molecule has 19 heavy (non-hydrogen) atoms. The van der Waals surface area contributed by atoms with Crippen molar-refractivity contribution in [2.75, 3.05) is 11.9 Å². The smallest absolute Gasteiger partial charge is 0.252 e. The first kappa shape index (κ1) is 14.1. The van der Waals surface area contributed by atoms with Gasteiger partial charge in [-0.2, -0.15) is 0 Å². The highest BCUT2D eigenvalue weighted by molar-refractivity contribution is 5.33. The van der Waals surface area contributed by atoms with Crippen LogP contribution in [0.15, 0.2) is 10.9 Å². The lowest BCUT2D eigenvalue weighted by molar-refractivity contribution is 0.334. The number of rotatable bonds is 4. The highest BCUT2D eigenvalue weighted by Gasteiger charge is 2.19. The van der Waals surface area contributed by atoms with Crippen LogP contribution >= 0.6 is 0 Å². The van der Waals surface area contributed by atoms with Gasteiger partial charge in [-0.3, -0.25) is 4.79 Å². The van der Waals surface area contributed by atoms with Gasteiger partial charge in [0.2, 0.25) is 0 Å². The van der Waals surface area contributed by atoms with E-state index < -0.39 is 0 Å². The standard InChI is InChI=1S/C14H24N4O/c1-9(2)14-17-12(7-13(19)18-14)16-8-10-4-3-5-11(15)6-10/h7,9-11H,3-6,8,15H2,1-2H3,(H2,16,17,18,19). The molecule has 1 aromatic rings. The summed E-state index contributed by atoms with van der Waals surface area (Å²) in [5.74, 6) is 2.21. The molecule has 0 bridgehead atoms. The summed E-state index contributed by atoms with van der Waals surface area (Å²) in [6.45, 7) is 4.88. The van der Waals surface area contributed by atoms with Crippen molar-refractivity contribution in [1.82, 2.24) is 9.97 Å². The first-order chi connectivity index (χ1) is 9.04. The lowest BCUT2D eigenvalue weighted by Gasteiger charge is -2.26. The molecule has 0 saturated heterocycles. The summed E-state index contributed by atoms with van der Waals surface area (Å²) in [5, 5.41) is 3.28. The Labute approximate surface area is 114 Å². The topological polar surface area (TPSA) is 83.8 Å². The first-order valence-electron chi connectivity index (χ1n) is 7.15. The molecular weight excluding hydrogens is 240 g/mol. The molecule has 1 fully saturated rings. The molecule has 106 valence electrons. The zero-order valence-corrected chi connectivity index (χ0v) is 11.8. The molecule has 2 rings (SSSR count). The largest absolute Gasteiger partial charge is 0.370 e. The van der Waals surface area contributed by atoms with E-state index in [2.05, 4.69) is 15.3 Å². The minimum absolute atomic E-state index is 0.0958. The van der Waals surface area contributed by atoms with Gasteiger partial charge >= 0.3 is 0 Å². The van der Waals surface area contributed by atoms with Gasteiger partial charge in [-0.1, -0.05) is 20.3 Å². The SMILES string of the molecule is CC(C)c1nc(NCC2CCCC(N)C2)cc(=O)[nH]1. The maximum absolute atomic E-state index is 11.6.